The second kappa shape index (κ2) is 7.08. The SMILES string of the molecule is CC1(C)OC(c2ccccc2)=C/C(=C/C=Nc2ccc3ncccc3c2)O1. The summed E-state index contributed by atoms with van der Waals surface area (Å²) in [5, 5.41) is 1.06. The molecule has 0 saturated heterocycles. The van der Waals surface area contributed by atoms with Crippen molar-refractivity contribution < 1.29 is 9.47 Å². The van der Waals surface area contributed by atoms with Gasteiger partial charge in [0.1, 0.15) is 11.5 Å². The molecule has 4 heteroatoms. The molecule has 134 valence electrons. The fourth-order valence-electron chi connectivity index (χ4n) is 2.92. The monoisotopic (exact) mass is 356 g/mol. The van der Waals surface area contributed by atoms with Gasteiger partial charge in [-0.2, -0.15) is 0 Å². The lowest BCUT2D eigenvalue weighted by molar-refractivity contribution is -0.149. The smallest absolute Gasteiger partial charge is 0.245 e. The highest BCUT2D eigenvalue weighted by molar-refractivity contribution is 5.83. The van der Waals surface area contributed by atoms with Gasteiger partial charge < -0.3 is 9.47 Å². The van der Waals surface area contributed by atoms with E-state index in [-0.39, 0.29) is 0 Å². The van der Waals surface area contributed by atoms with Crippen LogP contribution in [-0.2, 0) is 9.47 Å². The van der Waals surface area contributed by atoms with Gasteiger partial charge >= 0.3 is 0 Å². The molecule has 27 heavy (non-hydrogen) atoms. The Balaban J connectivity index is 1.60. The van der Waals surface area contributed by atoms with Crippen molar-refractivity contribution in [3.05, 3.63) is 90.3 Å². The minimum absolute atomic E-state index is 0.705. The molecule has 0 atom stereocenters. The van der Waals surface area contributed by atoms with E-state index in [4.69, 9.17) is 9.47 Å². The van der Waals surface area contributed by atoms with Gasteiger partial charge in [-0.05, 0) is 30.3 Å². The molecule has 0 fully saturated rings. The average molecular weight is 356 g/mol. The topological polar surface area (TPSA) is 43.7 Å². The largest absolute Gasteiger partial charge is 0.453 e. The van der Waals surface area contributed by atoms with Crippen LogP contribution >= 0.6 is 0 Å². The van der Waals surface area contributed by atoms with Crippen molar-refractivity contribution in [2.45, 2.75) is 19.6 Å². The second-order valence-electron chi connectivity index (χ2n) is 6.71. The first-order chi connectivity index (χ1) is 13.1. The van der Waals surface area contributed by atoms with E-state index in [0.717, 1.165) is 27.9 Å². The van der Waals surface area contributed by atoms with Crippen LogP contribution < -0.4 is 0 Å². The molecule has 0 radical (unpaired) electrons. The molecule has 2 heterocycles. The van der Waals surface area contributed by atoms with Crippen LogP contribution in [0.15, 0.2) is 89.8 Å². The maximum absolute atomic E-state index is 5.95. The molecule has 0 bridgehead atoms. The first kappa shape index (κ1) is 17.0. The van der Waals surface area contributed by atoms with E-state index in [0.29, 0.717) is 5.76 Å². The Morgan fingerprint density at radius 3 is 2.67 bits per heavy atom. The van der Waals surface area contributed by atoms with Crippen molar-refractivity contribution in [2.24, 2.45) is 4.99 Å². The predicted octanol–water partition coefficient (Wildman–Crippen LogP) is 5.65. The Kier molecular flexibility index (Phi) is 4.47. The van der Waals surface area contributed by atoms with Crippen LogP contribution in [0.1, 0.15) is 19.4 Å². The Morgan fingerprint density at radius 2 is 1.81 bits per heavy atom. The highest BCUT2D eigenvalue weighted by atomic mass is 16.7. The van der Waals surface area contributed by atoms with E-state index in [1.54, 1.807) is 12.4 Å². The molecule has 0 saturated carbocycles. The van der Waals surface area contributed by atoms with Gasteiger partial charge in [0.2, 0.25) is 5.79 Å². The number of benzene rings is 2. The van der Waals surface area contributed by atoms with E-state index < -0.39 is 5.79 Å². The third-order valence-corrected chi connectivity index (χ3v) is 4.10. The summed E-state index contributed by atoms with van der Waals surface area (Å²) >= 11 is 0. The highest BCUT2D eigenvalue weighted by Gasteiger charge is 2.28. The molecule has 0 amide bonds. The number of aromatic nitrogens is 1. The maximum atomic E-state index is 5.95. The molecule has 1 aliphatic heterocycles. The lowest BCUT2D eigenvalue weighted by atomic mass is 10.1. The molecular weight excluding hydrogens is 336 g/mol. The van der Waals surface area contributed by atoms with Gasteiger partial charge in [0.15, 0.2) is 0 Å². The molecule has 0 aliphatic carbocycles. The third-order valence-electron chi connectivity index (χ3n) is 4.10. The van der Waals surface area contributed by atoms with E-state index in [1.165, 1.54) is 0 Å². The Bertz CT molecular complexity index is 1050. The summed E-state index contributed by atoms with van der Waals surface area (Å²) in [4.78, 5) is 8.84. The number of hydrogen-bond donors (Lipinski definition) is 0. The molecule has 1 aliphatic rings. The van der Waals surface area contributed by atoms with E-state index in [9.17, 15) is 0 Å². The van der Waals surface area contributed by atoms with Crippen molar-refractivity contribution in [1.82, 2.24) is 4.98 Å². The van der Waals surface area contributed by atoms with Crippen LogP contribution in [0.5, 0.6) is 0 Å². The number of ether oxygens (including phenoxy) is 2. The first-order valence-corrected chi connectivity index (χ1v) is 8.83. The first-order valence-electron chi connectivity index (χ1n) is 8.83. The summed E-state index contributed by atoms with van der Waals surface area (Å²) in [6, 6.07) is 19.9. The summed E-state index contributed by atoms with van der Waals surface area (Å²) < 4.78 is 11.8. The van der Waals surface area contributed by atoms with Gasteiger partial charge in [-0.3, -0.25) is 9.98 Å². The maximum Gasteiger partial charge on any atom is 0.245 e. The molecule has 4 rings (SSSR count). The number of rotatable bonds is 3. The Morgan fingerprint density at radius 1 is 0.963 bits per heavy atom. The van der Waals surface area contributed by atoms with Crippen molar-refractivity contribution in [1.29, 1.82) is 0 Å². The minimum atomic E-state index is -0.742. The molecule has 4 nitrogen and oxygen atoms in total. The average Bonchev–Trinajstić information content (AvgIpc) is 2.67. The number of allylic oxidation sites excluding steroid dienone is 2. The van der Waals surface area contributed by atoms with Gasteiger partial charge in [-0.15, -0.1) is 0 Å². The lowest BCUT2D eigenvalue weighted by Crippen LogP contribution is -2.30. The molecule has 0 unspecified atom stereocenters. The zero-order chi connectivity index (χ0) is 18.7. The van der Waals surface area contributed by atoms with Gasteiger partial charge in [-0.25, -0.2) is 0 Å². The fourth-order valence-corrected chi connectivity index (χ4v) is 2.92. The molecule has 0 spiro atoms. The normalized spacial score (nSPS) is 17.6. The van der Waals surface area contributed by atoms with Gasteiger partial charge in [-0.1, -0.05) is 36.4 Å². The quantitative estimate of drug-likeness (QED) is 0.570. The summed E-state index contributed by atoms with van der Waals surface area (Å²) in [5.74, 6) is 0.744. The number of aliphatic imine (C=N–C) groups is 1. The summed E-state index contributed by atoms with van der Waals surface area (Å²) in [7, 11) is 0. The van der Waals surface area contributed by atoms with E-state index >= 15 is 0 Å². The van der Waals surface area contributed by atoms with Crippen LogP contribution in [0.25, 0.3) is 16.7 Å². The van der Waals surface area contributed by atoms with Crippen molar-refractivity contribution in [3.8, 4) is 0 Å². The van der Waals surface area contributed by atoms with Crippen LogP contribution in [-0.4, -0.2) is 17.0 Å². The second-order valence-corrected chi connectivity index (χ2v) is 6.71. The summed E-state index contributed by atoms with van der Waals surface area (Å²) in [6.07, 6.45) is 7.27. The van der Waals surface area contributed by atoms with Crippen LogP contribution in [0, 0.1) is 0 Å². The molecular formula is C23H20N2O2. The lowest BCUT2D eigenvalue weighted by Gasteiger charge is -2.33. The van der Waals surface area contributed by atoms with Crippen molar-refractivity contribution in [2.75, 3.05) is 0 Å². The molecule has 3 aromatic rings. The Labute approximate surface area is 158 Å². The Hall–Kier alpha value is -3.40. The van der Waals surface area contributed by atoms with E-state index in [1.807, 2.05) is 86.7 Å². The number of fused-ring (bicyclic) bond motifs is 1. The predicted molar refractivity (Wildman–Crippen MR) is 109 cm³/mol. The molecule has 2 aromatic carbocycles. The fraction of sp³-hybridized carbons (Fsp3) is 0.130. The van der Waals surface area contributed by atoms with Crippen LogP contribution in [0.4, 0.5) is 5.69 Å². The standard InChI is InChI=1S/C23H20N2O2/c1-23(2)26-20(16-22(27-23)17-7-4-3-5-8-17)12-14-24-19-10-11-21-18(15-19)9-6-13-25-21/h3-16H,1-2H3/b20-12-,24-14?. The van der Waals surface area contributed by atoms with Gasteiger partial charge in [0, 0.05) is 43.3 Å². The van der Waals surface area contributed by atoms with Crippen molar-refractivity contribution in [3.63, 3.8) is 0 Å². The van der Waals surface area contributed by atoms with Crippen LogP contribution in [0.3, 0.4) is 0 Å². The zero-order valence-corrected chi connectivity index (χ0v) is 15.3. The van der Waals surface area contributed by atoms with Crippen molar-refractivity contribution >= 4 is 28.6 Å². The zero-order valence-electron chi connectivity index (χ0n) is 15.3. The summed E-state index contributed by atoms with van der Waals surface area (Å²) in [5.41, 5.74) is 2.84. The van der Waals surface area contributed by atoms with E-state index in [2.05, 4.69) is 9.98 Å². The van der Waals surface area contributed by atoms with Gasteiger partial charge in [0.05, 0.1) is 11.2 Å². The minimum Gasteiger partial charge on any atom is -0.453 e. The third kappa shape index (κ3) is 4.06. The molecule has 1 aromatic heterocycles. The van der Waals surface area contributed by atoms with Crippen LogP contribution in [0.2, 0.25) is 0 Å². The van der Waals surface area contributed by atoms with Gasteiger partial charge in [0.25, 0.3) is 0 Å². The number of nitrogens with zero attached hydrogens (tertiary/aromatic N) is 2. The highest BCUT2D eigenvalue weighted by Crippen LogP contribution is 2.32. The summed E-state index contributed by atoms with van der Waals surface area (Å²) in [6.45, 7) is 3.79. The number of pyridine rings is 1. The number of hydrogen-bond acceptors (Lipinski definition) is 4. The molecule has 0 N–H and O–H groups in total.